The van der Waals surface area contributed by atoms with Crippen LogP contribution < -0.4 is 0 Å². The van der Waals surface area contributed by atoms with Crippen LogP contribution in [0, 0.1) is 5.92 Å². The number of nitrogens with zero attached hydrogens (tertiary/aromatic N) is 3. The molecule has 0 aromatic carbocycles. The molecule has 5 nitrogen and oxygen atoms in total. The minimum Gasteiger partial charge on any atom is -0.340 e. The van der Waals surface area contributed by atoms with Crippen molar-refractivity contribution in [2.75, 3.05) is 39.3 Å². The molecule has 1 unspecified atom stereocenters. The van der Waals surface area contributed by atoms with E-state index in [1.807, 2.05) is 18.7 Å². The van der Waals surface area contributed by atoms with E-state index in [1.54, 1.807) is 11.3 Å². The number of carbonyl (C=O) groups excluding carboxylic acids is 2. The van der Waals surface area contributed by atoms with Crippen molar-refractivity contribution >= 4 is 23.2 Å². The van der Waals surface area contributed by atoms with Gasteiger partial charge < -0.3 is 9.80 Å². The van der Waals surface area contributed by atoms with E-state index in [-0.39, 0.29) is 11.8 Å². The molecule has 0 spiro atoms. The van der Waals surface area contributed by atoms with Gasteiger partial charge in [-0.15, -0.1) is 11.3 Å². The van der Waals surface area contributed by atoms with Crippen molar-refractivity contribution < 1.29 is 9.59 Å². The van der Waals surface area contributed by atoms with Crippen LogP contribution in [0.15, 0.2) is 6.07 Å². The lowest BCUT2D eigenvalue weighted by Gasteiger charge is -2.39. The van der Waals surface area contributed by atoms with Gasteiger partial charge in [0.1, 0.15) is 0 Å². The van der Waals surface area contributed by atoms with Gasteiger partial charge in [-0.05, 0) is 57.6 Å². The zero-order valence-corrected chi connectivity index (χ0v) is 18.8. The van der Waals surface area contributed by atoms with Crippen molar-refractivity contribution in [1.82, 2.24) is 14.7 Å². The normalized spacial score (nSPS) is 23.2. The average Bonchev–Trinajstić information content (AvgIpc) is 3.43. The molecular formula is C23H35N3O2S. The van der Waals surface area contributed by atoms with Crippen molar-refractivity contribution in [3.8, 4) is 0 Å². The first-order valence-electron chi connectivity index (χ1n) is 11.5. The van der Waals surface area contributed by atoms with Gasteiger partial charge in [-0.25, -0.2) is 0 Å². The Kier molecular flexibility index (Phi) is 6.60. The second-order valence-corrected chi connectivity index (χ2v) is 9.91. The smallest absolute Gasteiger partial charge is 0.263 e. The lowest BCUT2D eigenvalue weighted by Crippen LogP contribution is -2.53. The molecule has 1 aliphatic heterocycles. The Balaban J connectivity index is 1.35. The summed E-state index contributed by atoms with van der Waals surface area (Å²) in [5.74, 6) is 0.566. The zero-order valence-electron chi connectivity index (χ0n) is 18.0. The minimum absolute atomic E-state index is 0.0894. The predicted molar refractivity (Wildman–Crippen MR) is 117 cm³/mol. The summed E-state index contributed by atoms with van der Waals surface area (Å²) in [6, 6.07) is 2.83. The third kappa shape index (κ3) is 4.38. The first kappa shape index (κ1) is 20.9. The van der Waals surface area contributed by atoms with Gasteiger partial charge in [-0.3, -0.25) is 14.5 Å². The fourth-order valence-corrected chi connectivity index (χ4v) is 6.52. The molecule has 2 fully saturated rings. The number of aryl methyl sites for hydroxylation is 1. The molecular weight excluding hydrogens is 382 g/mol. The lowest BCUT2D eigenvalue weighted by molar-refractivity contribution is -0.138. The SMILES string of the molecule is CCN(CC)C(=O)c1cc2c(s1)CCC(C(=O)N1CCN(C3CCCC3)CC1)C2. The number of carbonyl (C=O) groups is 2. The Hall–Kier alpha value is -1.40. The molecule has 3 aliphatic rings. The van der Waals surface area contributed by atoms with E-state index in [0.717, 1.165) is 69.4 Å². The number of hydrogen-bond donors (Lipinski definition) is 0. The van der Waals surface area contributed by atoms with Crippen LogP contribution in [0.2, 0.25) is 0 Å². The molecule has 0 N–H and O–H groups in total. The fourth-order valence-electron chi connectivity index (χ4n) is 5.34. The van der Waals surface area contributed by atoms with E-state index < -0.39 is 0 Å². The summed E-state index contributed by atoms with van der Waals surface area (Å²) in [6.45, 7) is 9.37. The Bertz CT molecular complexity index is 728. The van der Waals surface area contributed by atoms with Crippen LogP contribution in [0.5, 0.6) is 0 Å². The van der Waals surface area contributed by atoms with Crippen molar-refractivity contribution in [2.45, 2.75) is 64.8 Å². The summed E-state index contributed by atoms with van der Waals surface area (Å²) in [6.07, 6.45) is 8.08. The number of fused-ring (bicyclic) bond motifs is 1. The van der Waals surface area contributed by atoms with Gasteiger partial charge in [-0.2, -0.15) is 0 Å². The molecule has 1 saturated heterocycles. The topological polar surface area (TPSA) is 43.9 Å². The Morgan fingerprint density at radius 1 is 1.07 bits per heavy atom. The maximum Gasteiger partial charge on any atom is 0.263 e. The Labute approximate surface area is 179 Å². The average molecular weight is 418 g/mol. The third-order valence-corrected chi connectivity index (χ3v) is 8.39. The van der Waals surface area contributed by atoms with Gasteiger partial charge in [0.05, 0.1) is 4.88 Å². The molecule has 2 aliphatic carbocycles. The van der Waals surface area contributed by atoms with Crippen molar-refractivity contribution in [1.29, 1.82) is 0 Å². The molecule has 0 bridgehead atoms. The molecule has 1 aromatic heterocycles. The summed E-state index contributed by atoms with van der Waals surface area (Å²) < 4.78 is 0. The van der Waals surface area contributed by atoms with Crippen LogP contribution in [0.4, 0.5) is 0 Å². The molecule has 4 rings (SSSR count). The molecule has 1 saturated carbocycles. The molecule has 1 aromatic rings. The van der Waals surface area contributed by atoms with E-state index in [0.29, 0.717) is 5.91 Å². The van der Waals surface area contributed by atoms with E-state index in [4.69, 9.17) is 0 Å². The number of thiophene rings is 1. The quantitative estimate of drug-likeness (QED) is 0.737. The fraction of sp³-hybridized carbons (Fsp3) is 0.739. The van der Waals surface area contributed by atoms with Crippen LogP contribution in [-0.4, -0.2) is 71.8 Å². The van der Waals surface area contributed by atoms with Gasteiger partial charge in [-0.1, -0.05) is 12.8 Å². The first-order valence-corrected chi connectivity index (χ1v) is 12.4. The largest absolute Gasteiger partial charge is 0.340 e. The highest BCUT2D eigenvalue weighted by Crippen LogP contribution is 2.34. The van der Waals surface area contributed by atoms with Crippen molar-refractivity contribution in [3.05, 3.63) is 21.4 Å². The first-order chi connectivity index (χ1) is 14.1. The second-order valence-electron chi connectivity index (χ2n) is 8.78. The highest BCUT2D eigenvalue weighted by Gasteiger charge is 2.33. The molecule has 2 heterocycles. The summed E-state index contributed by atoms with van der Waals surface area (Å²) in [7, 11) is 0. The van der Waals surface area contributed by atoms with E-state index in [9.17, 15) is 9.59 Å². The number of piperazine rings is 1. The van der Waals surface area contributed by atoms with E-state index in [1.165, 1.54) is 36.1 Å². The maximum absolute atomic E-state index is 13.2. The van der Waals surface area contributed by atoms with E-state index >= 15 is 0 Å². The highest BCUT2D eigenvalue weighted by molar-refractivity contribution is 7.14. The van der Waals surface area contributed by atoms with Gasteiger partial charge >= 0.3 is 0 Å². The molecule has 2 amide bonds. The van der Waals surface area contributed by atoms with Crippen LogP contribution in [0.1, 0.15) is 66.1 Å². The van der Waals surface area contributed by atoms with Crippen LogP contribution >= 0.6 is 11.3 Å². The Morgan fingerprint density at radius 2 is 1.76 bits per heavy atom. The van der Waals surface area contributed by atoms with Gasteiger partial charge in [0.2, 0.25) is 5.91 Å². The molecule has 1 atom stereocenters. The van der Waals surface area contributed by atoms with Crippen molar-refractivity contribution in [3.63, 3.8) is 0 Å². The molecule has 0 radical (unpaired) electrons. The van der Waals surface area contributed by atoms with E-state index in [2.05, 4.69) is 15.9 Å². The number of rotatable bonds is 5. The van der Waals surface area contributed by atoms with Gasteiger partial charge in [0.15, 0.2) is 0 Å². The summed E-state index contributed by atoms with van der Waals surface area (Å²) >= 11 is 1.64. The second kappa shape index (κ2) is 9.17. The highest BCUT2D eigenvalue weighted by atomic mass is 32.1. The van der Waals surface area contributed by atoms with Crippen LogP contribution in [-0.2, 0) is 17.6 Å². The zero-order chi connectivity index (χ0) is 20.4. The number of amides is 2. The number of hydrogen-bond acceptors (Lipinski definition) is 4. The molecule has 160 valence electrons. The standard InChI is InChI=1S/C23H35N3O2S/c1-3-24(4-2)23(28)21-16-18-15-17(9-10-20(18)29-21)22(27)26-13-11-25(12-14-26)19-7-5-6-8-19/h16-17,19H,3-15H2,1-2H3. The molecule has 29 heavy (non-hydrogen) atoms. The molecule has 6 heteroatoms. The van der Waals surface area contributed by atoms with Crippen LogP contribution in [0.3, 0.4) is 0 Å². The summed E-state index contributed by atoms with van der Waals surface area (Å²) in [5, 5.41) is 0. The van der Waals surface area contributed by atoms with Crippen LogP contribution in [0.25, 0.3) is 0 Å². The summed E-state index contributed by atoms with van der Waals surface area (Å²) in [5.41, 5.74) is 1.24. The predicted octanol–water partition coefficient (Wildman–Crippen LogP) is 3.42. The minimum atomic E-state index is 0.0894. The Morgan fingerprint density at radius 3 is 2.41 bits per heavy atom. The van der Waals surface area contributed by atoms with Gasteiger partial charge in [0, 0.05) is 56.1 Å². The maximum atomic E-state index is 13.2. The monoisotopic (exact) mass is 417 g/mol. The van der Waals surface area contributed by atoms with Gasteiger partial charge in [0.25, 0.3) is 5.91 Å². The van der Waals surface area contributed by atoms with Crippen molar-refractivity contribution in [2.24, 2.45) is 5.92 Å². The third-order valence-electron chi connectivity index (χ3n) is 7.16. The lowest BCUT2D eigenvalue weighted by atomic mass is 9.87. The summed E-state index contributed by atoms with van der Waals surface area (Å²) in [4.78, 5) is 34.6.